The molecule has 0 saturated carbocycles. The predicted octanol–water partition coefficient (Wildman–Crippen LogP) is 3.16. The van der Waals surface area contributed by atoms with Crippen molar-refractivity contribution < 1.29 is 4.74 Å². The van der Waals surface area contributed by atoms with Crippen LogP contribution in [0, 0.1) is 0 Å². The second kappa shape index (κ2) is 7.54. The van der Waals surface area contributed by atoms with Gasteiger partial charge in [-0.1, -0.05) is 31.2 Å². The summed E-state index contributed by atoms with van der Waals surface area (Å²) in [7, 11) is 0. The van der Waals surface area contributed by atoms with Crippen molar-refractivity contribution in [2.45, 2.75) is 26.5 Å². The quantitative estimate of drug-likeness (QED) is 0.773. The van der Waals surface area contributed by atoms with Gasteiger partial charge in [-0.05, 0) is 31.2 Å². The van der Waals surface area contributed by atoms with Gasteiger partial charge >= 0.3 is 0 Å². The Hall–Kier alpha value is -1.87. The molecule has 2 rings (SSSR count). The van der Waals surface area contributed by atoms with E-state index in [1.165, 1.54) is 5.56 Å². The van der Waals surface area contributed by atoms with Crippen molar-refractivity contribution in [3.8, 4) is 5.75 Å². The van der Waals surface area contributed by atoms with Gasteiger partial charge in [-0.25, -0.2) is 0 Å². The van der Waals surface area contributed by atoms with E-state index in [-0.39, 0.29) is 0 Å². The van der Waals surface area contributed by atoms with E-state index in [1.807, 2.05) is 36.4 Å². The number of nitrogens with zero attached hydrogens (tertiary/aromatic N) is 1. The van der Waals surface area contributed by atoms with Gasteiger partial charge < -0.3 is 10.1 Å². The minimum Gasteiger partial charge on any atom is -0.487 e. The molecule has 0 atom stereocenters. The van der Waals surface area contributed by atoms with Gasteiger partial charge in [0.15, 0.2) is 0 Å². The first-order valence-corrected chi connectivity index (χ1v) is 6.71. The number of rotatable bonds is 7. The highest BCUT2D eigenvalue weighted by Crippen LogP contribution is 2.18. The van der Waals surface area contributed by atoms with Gasteiger partial charge in [-0.2, -0.15) is 0 Å². The molecular weight excluding hydrogens is 236 g/mol. The molecule has 1 N–H and O–H groups in total. The molecule has 0 aliphatic carbocycles. The average molecular weight is 256 g/mol. The molecule has 0 fully saturated rings. The second-order valence-corrected chi connectivity index (χ2v) is 4.39. The van der Waals surface area contributed by atoms with Crippen molar-refractivity contribution in [3.63, 3.8) is 0 Å². The second-order valence-electron chi connectivity index (χ2n) is 4.39. The maximum atomic E-state index is 5.85. The molecule has 1 aromatic heterocycles. The monoisotopic (exact) mass is 256 g/mol. The summed E-state index contributed by atoms with van der Waals surface area (Å²) < 4.78 is 5.85. The highest BCUT2D eigenvalue weighted by Gasteiger charge is 2.03. The fraction of sp³-hybridized carbons (Fsp3) is 0.312. The van der Waals surface area contributed by atoms with Crippen LogP contribution in [0.15, 0.2) is 48.7 Å². The number of hydrogen-bond donors (Lipinski definition) is 1. The van der Waals surface area contributed by atoms with Crippen LogP contribution in [-0.2, 0) is 13.2 Å². The first-order chi connectivity index (χ1) is 9.40. The number of nitrogens with one attached hydrogen (secondary N) is 1. The van der Waals surface area contributed by atoms with Crippen LogP contribution in [0.25, 0.3) is 0 Å². The lowest BCUT2D eigenvalue weighted by Gasteiger charge is -2.11. The summed E-state index contributed by atoms with van der Waals surface area (Å²) in [6.45, 7) is 4.53. The maximum absolute atomic E-state index is 5.85. The Kier molecular flexibility index (Phi) is 5.38. The summed E-state index contributed by atoms with van der Waals surface area (Å²) in [6, 6.07) is 14.0. The average Bonchev–Trinajstić information content (AvgIpc) is 2.48. The zero-order valence-electron chi connectivity index (χ0n) is 11.3. The Morgan fingerprint density at radius 2 is 1.95 bits per heavy atom. The van der Waals surface area contributed by atoms with Gasteiger partial charge in [0.05, 0.1) is 5.69 Å². The van der Waals surface area contributed by atoms with Crippen LogP contribution in [0.2, 0.25) is 0 Å². The minimum atomic E-state index is 0.506. The van der Waals surface area contributed by atoms with E-state index in [9.17, 15) is 0 Å². The summed E-state index contributed by atoms with van der Waals surface area (Å²) >= 11 is 0. The molecule has 100 valence electrons. The highest BCUT2D eigenvalue weighted by molar-refractivity contribution is 5.33. The molecular formula is C16H20N2O. The first kappa shape index (κ1) is 13.6. The number of ether oxygens (including phenoxy) is 1. The largest absolute Gasteiger partial charge is 0.487 e. The summed E-state index contributed by atoms with van der Waals surface area (Å²) in [4.78, 5) is 4.26. The molecule has 0 amide bonds. The Morgan fingerprint density at radius 3 is 2.74 bits per heavy atom. The van der Waals surface area contributed by atoms with Crippen LogP contribution in [0.3, 0.4) is 0 Å². The van der Waals surface area contributed by atoms with Crippen molar-refractivity contribution in [3.05, 3.63) is 59.9 Å². The molecule has 0 unspecified atom stereocenters. The molecule has 0 bridgehead atoms. The number of pyridine rings is 1. The summed E-state index contributed by atoms with van der Waals surface area (Å²) in [5.74, 6) is 0.928. The van der Waals surface area contributed by atoms with Crippen molar-refractivity contribution in [2.24, 2.45) is 0 Å². The fourth-order valence-corrected chi connectivity index (χ4v) is 1.83. The molecule has 0 aliphatic rings. The molecule has 0 spiro atoms. The van der Waals surface area contributed by atoms with E-state index in [4.69, 9.17) is 4.74 Å². The Morgan fingerprint density at radius 1 is 1.11 bits per heavy atom. The van der Waals surface area contributed by atoms with Gasteiger partial charge in [-0.15, -0.1) is 0 Å². The summed E-state index contributed by atoms with van der Waals surface area (Å²) in [5, 5.41) is 3.39. The smallest absolute Gasteiger partial charge is 0.130 e. The molecule has 19 heavy (non-hydrogen) atoms. The Bertz CT molecular complexity index is 485. The maximum Gasteiger partial charge on any atom is 0.130 e. The van der Waals surface area contributed by atoms with Crippen molar-refractivity contribution in [1.82, 2.24) is 10.3 Å². The number of para-hydroxylation sites is 1. The van der Waals surface area contributed by atoms with Crippen LogP contribution in [0.5, 0.6) is 5.75 Å². The highest BCUT2D eigenvalue weighted by atomic mass is 16.5. The molecule has 1 aromatic carbocycles. The zero-order valence-corrected chi connectivity index (χ0v) is 11.3. The van der Waals surface area contributed by atoms with Crippen LogP contribution >= 0.6 is 0 Å². The van der Waals surface area contributed by atoms with E-state index in [1.54, 1.807) is 6.20 Å². The lowest BCUT2D eigenvalue weighted by Crippen LogP contribution is -2.14. The fourth-order valence-electron chi connectivity index (χ4n) is 1.83. The first-order valence-electron chi connectivity index (χ1n) is 6.71. The standard InChI is InChI=1S/C16H20N2O/c1-2-10-17-12-14-7-3-4-9-16(14)19-13-15-8-5-6-11-18-15/h3-9,11,17H,2,10,12-13H2,1H3. The molecule has 0 radical (unpaired) electrons. The van der Waals surface area contributed by atoms with Crippen LogP contribution in [0.1, 0.15) is 24.6 Å². The lowest BCUT2D eigenvalue weighted by atomic mass is 10.2. The molecule has 2 aromatic rings. The topological polar surface area (TPSA) is 34.1 Å². The normalized spacial score (nSPS) is 10.4. The summed E-state index contributed by atoms with van der Waals surface area (Å²) in [5.41, 5.74) is 2.13. The van der Waals surface area contributed by atoms with Crippen LogP contribution in [-0.4, -0.2) is 11.5 Å². The minimum absolute atomic E-state index is 0.506. The van der Waals surface area contributed by atoms with Crippen molar-refractivity contribution in [1.29, 1.82) is 0 Å². The van der Waals surface area contributed by atoms with E-state index >= 15 is 0 Å². The molecule has 1 heterocycles. The van der Waals surface area contributed by atoms with Gasteiger partial charge in [0.1, 0.15) is 12.4 Å². The summed E-state index contributed by atoms with van der Waals surface area (Å²) in [6.07, 6.45) is 2.92. The van der Waals surface area contributed by atoms with E-state index in [0.717, 1.165) is 31.0 Å². The number of hydrogen-bond acceptors (Lipinski definition) is 3. The molecule has 3 nitrogen and oxygen atoms in total. The van der Waals surface area contributed by atoms with E-state index in [0.29, 0.717) is 6.61 Å². The van der Waals surface area contributed by atoms with Gasteiger partial charge in [0.25, 0.3) is 0 Å². The molecule has 3 heteroatoms. The van der Waals surface area contributed by atoms with Gasteiger partial charge in [0.2, 0.25) is 0 Å². The van der Waals surface area contributed by atoms with Crippen LogP contribution < -0.4 is 10.1 Å². The van der Waals surface area contributed by atoms with E-state index in [2.05, 4.69) is 23.3 Å². The molecule has 0 saturated heterocycles. The van der Waals surface area contributed by atoms with Crippen LogP contribution in [0.4, 0.5) is 0 Å². The third kappa shape index (κ3) is 4.38. The SMILES string of the molecule is CCCNCc1ccccc1OCc1ccccn1. The lowest BCUT2D eigenvalue weighted by molar-refractivity contribution is 0.297. The third-order valence-corrected chi connectivity index (χ3v) is 2.82. The van der Waals surface area contributed by atoms with Crippen molar-refractivity contribution >= 4 is 0 Å². The molecule has 0 aliphatic heterocycles. The van der Waals surface area contributed by atoms with Gasteiger partial charge in [-0.3, -0.25) is 4.98 Å². The number of benzene rings is 1. The Labute approximate surface area is 114 Å². The Balaban J connectivity index is 1.95. The van der Waals surface area contributed by atoms with Crippen molar-refractivity contribution in [2.75, 3.05) is 6.54 Å². The predicted molar refractivity (Wildman–Crippen MR) is 77.0 cm³/mol. The third-order valence-electron chi connectivity index (χ3n) is 2.82. The van der Waals surface area contributed by atoms with E-state index < -0.39 is 0 Å². The van der Waals surface area contributed by atoms with Gasteiger partial charge in [0, 0.05) is 18.3 Å². The zero-order chi connectivity index (χ0) is 13.3. The number of aromatic nitrogens is 1.